The number of aryl methyl sites for hydroxylation is 1. The standard InChI is InChI=1S/C20H23FN2O2S/c1-14-6-7-16(26-14)12-23(18-5-3-2-4-17(18)21)20(24)25-19-13-22-10-8-15(19)9-11-22/h2-7,15,19H,8-13H2,1H3. The molecule has 26 heavy (non-hydrogen) atoms. The van der Waals surface area contributed by atoms with Crippen LogP contribution in [-0.2, 0) is 11.3 Å². The van der Waals surface area contributed by atoms with Crippen LogP contribution in [-0.4, -0.2) is 36.7 Å². The van der Waals surface area contributed by atoms with Crippen LogP contribution in [0.2, 0.25) is 0 Å². The van der Waals surface area contributed by atoms with Crippen molar-refractivity contribution in [1.29, 1.82) is 0 Å². The highest BCUT2D eigenvalue weighted by atomic mass is 32.1. The summed E-state index contributed by atoms with van der Waals surface area (Å²) >= 11 is 1.61. The summed E-state index contributed by atoms with van der Waals surface area (Å²) in [5, 5.41) is 0. The van der Waals surface area contributed by atoms with Gasteiger partial charge >= 0.3 is 6.09 Å². The number of carbonyl (C=O) groups excluding carboxylic acids is 1. The monoisotopic (exact) mass is 374 g/mol. The molecular weight excluding hydrogens is 351 g/mol. The number of para-hydroxylation sites is 1. The zero-order valence-electron chi connectivity index (χ0n) is 14.9. The van der Waals surface area contributed by atoms with E-state index in [0.717, 1.165) is 37.4 Å². The van der Waals surface area contributed by atoms with Crippen molar-refractivity contribution in [1.82, 2.24) is 4.90 Å². The molecule has 0 aliphatic carbocycles. The number of hydrogen-bond donors (Lipinski definition) is 0. The van der Waals surface area contributed by atoms with E-state index in [1.165, 1.54) is 15.8 Å². The van der Waals surface area contributed by atoms with Crippen molar-refractivity contribution in [3.8, 4) is 0 Å². The highest BCUT2D eigenvalue weighted by Crippen LogP contribution is 2.31. The summed E-state index contributed by atoms with van der Waals surface area (Å²) in [7, 11) is 0. The average molecular weight is 374 g/mol. The van der Waals surface area contributed by atoms with E-state index in [1.54, 1.807) is 29.5 Å². The number of fused-ring (bicyclic) bond motifs is 3. The van der Waals surface area contributed by atoms with E-state index in [0.29, 0.717) is 12.5 Å². The second-order valence-corrected chi connectivity index (χ2v) is 8.48. The number of nitrogens with zero attached hydrogens (tertiary/aromatic N) is 2. The third-order valence-corrected chi connectivity index (χ3v) is 6.31. The van der Waals surface area contributed by atoms with Gasteiger partial charge in [0.15, 0.2) is 0 Å². The minimum absolute atomic E-state index is 0.0932. The van der Waals surface area contributed by atoms with Crippen molar-refractivity contribution in [2.75, 3.05) is 24.5 Å². The van der Waals surface area contributed by atoms with Gasteiger partial charge in [0.25, 0.3) is 0 Å². The Hall–Kier alpha value is -1.92. The van der Waals surface area contributed by atoms with Gasteiger partial charge in [-0.2, -0.15) is 0 Å². The minimum atomic E-state index is -0.458. The predicted molar refractivity (Wildman–Crippen MR) is 101 cm³/mol. The molecule has 0 spiro atoms. The molecule has 2 aromatic rings. The molecule has 4 nitrogen and oxygen atoms in total. The maximum atomic E-state index is 14.4. The molecule has 1 unspecified atom stereocenters. The Bertz CT molecular complexity index is 786. The summed E-state index contributed by atoms with van der Waals surface area (Å²) in [6, 6.07) is 10.4. The van der Waals surface area contributed by atoms with Gasteiger partial charge in [0.1, 0.15) is 11.9 Å². The first-order valence-corrected chi connectivity index (χ1v) is 9.92. The summed E-state index contributed by atoms with van der Waals surface area (Å²) in [5.41, 5.74) is 0.268. The van der Waals surface area contributed by atoms with Crippen LogP contribution in [0.15, 0.2) is 36.4 Å². The topological polar surface area (TPSA) is 32.8 Å². The molecule has 4 heterocycles. The number of amides is 1. The second-order valence-electron chi connectivity index (χ2n) is 7.11. The van der Waals surface area contributed by atoms with Gasteiger partial charge in [-0.05, 0) is 63.0 Å². The number of piperidine rings is 3. The fourth-order valence-corrected chi connectivity index (χ4v) is 4.76. The lowest BCUT2D eigenvalue weighted by molar-refractivity contribution is -0.0311. The van der Waals surface area contributed by atoms with E-state index < -0.39 is 11.9 Å². The largest absolute Gasteiger partial charge is 0.444 e. The van der Waals surface area contributed by atoms with Crippen LogP contribution in [0.3, 0.4) is 0 Å². The van der Waals surface area contributed by atoms with Crippen molar-refractivity contribution in [3.63, 3.8) is 0 Å². The van der Waals surface area contributed by atoms with Crippen LogP contribution in [0.1, 0.15) is 22.6 Å². The number of halogens is 1. The van der Waals surface area contributed by atoms with Crippen LogP contribution >= 0.6 is 11.3 Å². The van der Waals surface area contributed by atoms with Gasteiger partial charge in [0.05, 0.1) is 12.2 Å². The molecule has 3 aliphatic rings. The SMILES string of the molecule is Cc1ccc(CN(C(=O)OC2CN3CCC2CC3)c2ccccc2F)s1. The van der Waals surface area contributed by atoms with Gasteiger partial charge < -0.3 is 4.74 Å². The lowest BCUT2D eigenvalue weighted by Gasteiger charge is -2.44. The number of thiophene rings is 1. The Kier molecular flexibility index (Phi) is 4.96. The smallest absolute Gasteiger partial charge is 0.415 e. The highest BCUT2D eigenvalue weighted by molar-refractivity contribution is 7.11. The van der Waals surface area contributed by atoms with Crippen LogP contribution in [0.25, 0.3) is 0 Å². The Morgan fingerprint density at radius 3 is 2.65 bits per heavy atom. The number of hydrogen-bond acceptors (Lipinski definition) is 4. The molecule has 2 bridgehead atoms. The Morgan fingerprint density at radius 1 is 1.27 bits per heavy atom. The molecule has 6 heteroatoms. The zero-order valence-corrected chi connectivity index (χ0v) is 15.7. The second kappa shape index (κ2) is 7.37. The number of carbonyl (C=O) groups is 1. The molecule has 0 saturated carbocycles. The fourth-order valence-electron chi connectivity index (χ4n) is 3.88. The average Bonchev–Trinajstić information content (AvgIpc) is 3.06. The summed E-state index contributed by atoms with van der Waals surface area (Å²) in [4.78, 5) is 18.9. The first-order valence-electron chi connectivity index (χ1n) is 9.10. The van der Waals surface area contributed by atoms with E-state index in [9.17, 15) is 9.18 Å². The van der Waals surface area contributed by atoms with Crippen LogP contribution < -0.4 is 4.90 Å². The summed E-state index contributed by atoms with van der Waals surface area (Å²) < 4.78 is 20.2. The van der Waals surface area contributed by atoms with E-state index >= 15 is 0 Å². The van der Waals surface area contributed by atoms with E-state index in [2.05, 4.69) is 4.90 Å². The third kappa shape index (κ3) is 3.62. The number of anilines is 1. The molecule has 138 valence electrons. The Morgan fingerprint density at radius 2 is 2.04 bits per heavy atom. The van der Waals surface area contributed by atoms with Gasteiger partial charge in [-0.15, -0.1) is 11.3 Å². The van der Waals surface area contributed by atoms with E-state index in [1.807, 2.05) is 19.1 Å². The quantitative estimate of drug-likeness (QED) is 0.793. The third-order valence-electron chi connectivity index (χ3n) is 5.32. The zero-order chi connectivity index (χ0) is 18.1. The van der Waals surface area contributed by atoms with Crippen LogP contribution in [0.5, 0.6) is 0 Å². The van der Waals surface area contributed by atoms with Gasteiger partial charge in [-0.3, -0.25) is 9.80 Å². The number of rotatable bonds is 4. The summed E-state index contributed by atoms with van der Waals surface area (Å²) in [6.45, 7) is 5.31. The van der Waals surface area contributed by atoms with Gasteiger partial charge in [0.2, 0.25) is 0 Å². The van der Waals surface area contributed by atoms with Crippen LogP contribution in [0.4, 0.5) is 14.9 Å². The Labute approximate surface area is 157 Å². The first kappa shape index (κ1) is 17.5. The van der Waals surface area contributed by atoms with Crippen molar-refractivity contribution in [2.24, 2.45) is 5.92 Å². The van der Waals surface area contributed by atoms with E-state index in [4.69, 9.17) is 4.74 Å². The van der Waals surface area contributed by atoms with Crippen molar-refractivity contribution in [2.45, 2.75) is 32.4 Å². The maximum Gasteiger partial charge on any atom is 0.415 e. The molecule has 1 atom stereocenters. The molecule has 5 rings (SSSR count). The van der Waals surface area contributed by atoms with Gasteiger partial charge in [0, 0.05) is 16.3 Å². The lowest BCUT2D eigenvalue weighted by Crippen LogP contribution is -2.53. The predicted octanol–water partition coefficient (Wildman–Crippen LogP) is 4.43. The van der Waals surface area contributed by atoms with Crippen molar-refractivity contribution in [3.05, 3.63) is 52.0 Å². The highest BCUT2D eigenvalue weighted by Gasteiger charge is 2.37. The molecule has 0 radical (unpaired) electrons. The molecular formula is C20H23FN2O2S. The van der Waals surface area contributed by atoms with Crippen LogP contribution in [0, 0.1) is 18.7 Å². The molecule has 3 aliphatic heterocycles. The number of benzene rings is 1. The molecule has 3 fully saturated rings. The first-order chi connectivity index (χ1) is 12.6. The summed E-state index contributed by atoms with van der Waals surface area (Å²) in [6.07, 6.45) is 1.59. The molecule has 1 aromatic heterocycles. The molecule has 1 amide bonds. The molecule has 0 N–H and O–H groups in total. The summed E-state index contributed by atoms with van der Waals surface area (Å²) in [5.74, 6) is 0.0158. The number of ether oxygens (including phenoxy) is 1. The van der Waals surface area contributed by atoms with Crippen molar-refractivity contribution >= 4 is 23.1 Å². The van der Waals surface area contributed by atoms with E-state index in [-0.39, 0.29) is 11.8 Å². The molecule has 1 aromatic carbocycles. The lowest BCUT2D eigenvalue weighted by atomic mass is 9.86. The van der Waals surface area contributed by atoms with Gasteiger partial charge in [-0.25, -0.2) is 9.18 Å². The maximum absolute atomic E-state index is 14.4. The molecule has 3 saturated heterocycles. The normalized spacial score (nSPS) is 24.5. The van der Waals surface area contributed by atoms with Crippen molar-refractivity contribution < 1.29 is 13.9 Å². The minimum Gasteiger partial charge on any atom is -0.444 e. The fraction of sp³-hybridized carbons (Fsp3) is 0.450. The van der Waals surface area contributed by atoms with Gasteiger partial charge in [-0.1, -0.05) is 12.1 Å². The Balaban J connectivity index is 1.55.